The van der Waals surface area contributed by atoms with E-state index in [1.54, 1.807) is 0 Å². The van der Waals surface area contributed by atoms with Gasteiger partial charge < -0.3 is 5.32 Å². The Morgan fingerprint density at radius 3 is 2.41 bits per heavy atom. The Bertz CT molecular complexity index is 376. The van der Waals surface area contributed by atoms with Crippen molar-refractivity contribution < 1.29 is 4.79 Å². The highest BCUT2D eigenvalue weighted by Gasteiger charge is 2.19. The lowest BCUT2D eigenvalue weighted by atomic mass is 9.93. The third-order valence-corrected chi connectivity index (χ3v) is 3.43. The Kier molecular flexibility index (Phi) is 3.95. The number of ketones is 1. The Morgan fingerprint density at radius 1 is 1.29 bits per heavy atom. The molecule has 1 heterocycles. The number of hydrogen-bond acceptors (Lipinski definition) is 2. The maximum Gasteiger partial charge on any atom is 0.137 e. The summed E-state index contributed by atoms with van der Waals surface area (Å²) < 4.78 is 0. The van der Waals surface area contributed by atoms with Crippen LogP contribution in [0.5, 0.6) is 0 Å². The van der Waals surface area contributed by atoms with Crippen molar-refractivity contribution in [3.63, 3.8) is 0 Å². The fraction of sp³-hybridized carbons (Fsp3) is 0.533. The predicted molar refractivity (Wildman–Crippen MR) is 70.2 cm³/mol. The Hall–Kier alpha value is -1.15. The average molecular weight is 231 g/mol. The van der Waals surface area contributed by atoms with Gasteiger partial charge in [-0.2, -0.15) is 0 Å². The van der Waals surface area contributed by atoms with E-state index in [0.717, 1.165) is 25.1 Å². The molecule has 0 atom stereocenters. The van der Waals surface area contributed by atoms with Crippen LogP contribution in [0.2, 0.25) is 0 Å². The van der Waals surface area contributed by atoms with Gasteiger partial charge in [0.1, 0.15) is 5.78 Å². The third kappa shape index (κ3) is 3.40. The first-order valence-electron chi connectivity index (χ1n) is 6.46. The molecule has 2 heteroatoms. The van der Waals surface area contributed by atoms with E-state index in [0.29, 0.717) is 24.0 Å². The van der Waals surface area contributed by atoms with E-state index in [2.05, 4.69) is 43.4 Å². The summed E-state index contributed by atoms with van der Waals surface area (Å²) in [5.41, 5.74) is 2.48. The van der Waals surface area contributed by atoms with Gasteiger partial charge >= 0.3 is 0 Å². The molecule has 2 nitrogen and oxygen atoms in total. The number of Topliss-reactive ketones (excluding diaryl/α,β-unsaturated/α-hetero) is 1. The largest absolute Gasteiger partial charge is 0.316 e. The summed E-state index contributed by atoms with van der Waals surface area (Å²) in [6.45, 7) is 6.39. The molecular weight excluding hydrogens is 210 g/mol. The van der Waals surface area contributed by atoms with Gasteiger partial charge in [-0.05, 0) is 36.1 Å². The maximum atomic E-state index is 11.8. The van der Waals surface area contributed by atoms with Crippen LogP contribution >= 0.6 is 0 Å². The fourth-order valence-electron chi connectivity index (χ4n) is 2.14. The number of nitrogens with one attached hydrogen (secondary N) is 1. The Balaban J connectivity index is 1.87. The minimum Gasteiger partial charge on any atom is -0.316 e. The van der Waals surface area contributed by atoms with Crippen LogP contribution in [0.15, 0.2) is 24.3 Å². The molecule has 0 unspecified atom stereocenters. The second kappa shape index (κ2) is 5.46. The number of benzene rings is 1. The lowest BCUT2D eigenvalue weighted by Crippen LogP contribution is -2.43. The molecule has 1 aliphatic heterocycles. The molecule has 92 valence electrons. The van der Waals surface area contributed by atoms with Gasteiger partial charge in [0.05, 0.1) is 0 Å². The highest BCUT2D eigenvalue weighted by molar-refractivity contribution is 5.81. The minimum atomic E-state index is 0.369. The summed E-state index contributed by atoms with van der Waals surface area (Å²) >= 11 is 0. The van der Waals surface area contributed by atoms with E-state index in [1.807, 2.05) is 0 Å². The van der Waals surface area contributed by atoms with Gasteiger partial charge in [0, 0.05) is 12.8 Å². The molecule has 0 bridgehead atoms. The summed E-state index contributed by atoms with van der Waals surface area (Å²) in [6.07, 6.45) is 1.33. The second-order valence-corrected chi connectivity index (χ2v) is 5.34. The molecule has 0 aromatic heterocycles. The molecule has 1 aliphatic rings. The third-order valence-electron chi connectivity index (χ3n) is 3.43. The molecule has 0 spiro atoms. The topological polar surface area (TPSA) is 29.1 Å². The van der Waals surface area contributed by atoms with Gasteiger partial charge in [0.15, 0.2) is 0 Å². The van der Waals surface area contributed by atoms with Gasteiger partial charge in [-0.15, -0.1) is 0 Å². The van der Waals surface area contributed by atoms with Crippen molar-refractivity contribution in [2.75, 3.05) is 13.1 Å². The summed E-state index contributed by atoms with van der Waals surface area (Å²) in [5, 5.41) is 3.20. The molecule has 1 saturated heterocycles. The first-order valence-corrected chi connectivity index (χ1v) is 6.46. The van der Waals surface area contributed by atoms with E-state index in [-0.39, 0.29) is 0 Å². The summed E-state index contributed by atoms with van der Waals surface area (Å²) in [4.78, 5) is 11.8. The van der Waals surface area contributed by atoms with Crippen molar-refractivity contribution in [3.05, 3.63) is 35.4 Å². The monoisotopic (exact) mass is 231 g/mol. The molecule has 0 amide bonds. The lowest BCUT2D eigenvalue weighted by molar-refractivity contribution is -0.119. The molecule has 1 aromatic carbocycles. The van der Waals surface area contributed by atoms with Gasteiger partial charge in [-0.25, -0.2) is 0 Å². The van der Waals surface area contributed by atoms with Crippen molar-refractivity contribution in [3.8, 4) is 0 Å². The molecular formula is C15H21NO. The summed E-state index contributed by atoms with van der Waals surface area (Å²) in [6, 6.07) is 8.45. The summed E-state index contributed by atoms with van der Waals surface area (Å²) in [5.74, 6) is 1.51. The van der Waals surface area contributed by atoms with Crippen molar-refractivity contribution in [2.24, 2.45) is 5.92 Å². The van der Waals surface area contributed by atoms with Crippen molar-refractivity contribution in [1.82, 2.24) is 5.32 Å². The molecule has 2 rings (SSSR count). The SMILES string of the molecule is CC(C)c1ccc(CC(=O)CC2CNC2)cc1. The molecule has 0 radical (unpaired) electrons. The molecule has 0 saturated carbocycles. The molecule has 0 aliphatic carbocycles. The normalized spacial score (nSPS) is 15.9. The predicted octanol–water partition coefficient (Wildman–Crippen LogP) is 2.53. The first kappa shape index (κ1) is 12.3. The van der Waals surface area contributed by atoms with Gasteiger partial charge in [-0.3, -0.25) is 4.79 Å². The Morgan fingerprint density at radius 2 is 1.94 bits per heavy atom. The first-order chi connectivity index (χ1) is 8.15. The molecule has 1 N–H and O–H groups in total. The zero-order valence-corrected chi connectivity index (χ0v) is 10.7. The van der Waals surface area contributed by atoms with Crippen LogP contribution < -0.4 is 5.32 Å². The van der Waals surface area contributed by atoms with Crippen LogP contribution in [0.4, 0.5) is 0 Å². The number of carbonyl (C=O) groups excluding carboxylic acids is 1. The van der Waals surface area contributed by atoms with Crippen LogP contribution in [-0.2, 0) is 11.2 Å². The van der Waals surface area contributed by atoms with E-state index < -0.39 is 0 Å². The number of carbonyl (C=O) groups is 1. The van der Waals surface area contributed by atoms with E-state index in [9.17, 15) is 4.79 Å². The van der Waals surface area contributed by atoms with Crippen LogP contribution in [0.1, 0.15) is 37.3 Å². The average Bonchev–Trinajstić information content (AvgIpc) is 2.24. The van der Waals surface area contributed by atoms with Crippen LogP contribution in [0.3, 0.4) is 0 Å². The molecule has 1 fully saturated rings. The lowest BCUT2D eigenvalue weighted by Gasteiger charge is -2.26. The second-order valence-electron chi connectivity index (χ2n) is 5.34. The summed E-state index contributed by atoms with van der Waals surface area (Å²) in [7, 11) is 0. The van der Waals surface area contributed by atoms with Crippen molar-refractivity contribution >= 4 is 5.78 Å². The standard InChI is InChI=1S/C15H21NO/c1-11(2)14-5-3-12(4-6-14)7-15(17)8-13-9-16-10-13/h3-6,11,13,16H,7-10H2,1-2H3. The van der Waals surface area contributed by atoms with Crippen molar-refractivity contribution in [1.29, 1.82) is 0 Å². The molecule has 17 heavy (non-hydrogen) atoms. The van der Waals surface area contributed by atoms with Crippen molar-refractivity contribution in [2.45, 2.75) is 32.6 Å². The number of rotatable bonds is 5. The number of hydrogen-bond donors (Lipinski definition) is 1. The minimum absolute atomic E-state index is 0.369. The highest BCUT2D eigenvalue weighted by Crippen LogP contribution is 2.16. The van der Waals surface area contributed by atoms with E-state index >= 15 is 0 Å². The fourth-order valence-corrected chi connectivity index (χ4v) is 2.14. The highest BCUT2D eigenvalue weighted by atomic mass is 16.1. The quantitative estimate of drug-likeness (QED) is 0.843. The maximum absolute atomic E-state index is 11.8. The van der Waals surface area contributed by atoms with Crippen LogP contribution in [-0.4, -0.2) is 18.9 Å². The van der Waals surface area contributed by atoms with Gasteiger partial charge in [-0.1, -0.05) is 38.1 Å². The smallest absolute Gasteiger partial charge is 0.137 e. The van der Waals surface area contributed by atoms with Gasteiger partial charge in [0.25, 0.3) is 0 Å². The van der Waals surface area contributed by atoms with Crippen LogP contribution in [0, 0.1) is 5.92 Å². The van der Waals surface area contributed by atoms with E-state index in [1.165, 1.54) is 5.56 Å². The van der Waals surface area contributed by atoms with Gasteiger partial charge in [0.2, 0.25) is 0 Å². The zero-order valence-electron chi connectivity index (χ0n) is 10.7. The van der Waals surface area contributed by atoms with Crippen LogP contribution in [0.25, 0.3) is 0 Å². The van der Waals surface area contributed by atoms with E-state index in [4.69, 9.17) is 0 Å². The zero-order chi connectivity index (χ0) is 12.3. The Labute approximate surface area is 103 Å². The molecule has 1 aromatic rings.